The van der Waals surface area contributed by atoms with Crippen molar-refractivity contribution >= 4 is 28.5 Å². The van der Waals surface area contributed by atoms with Crippen molar-refractivity contribution in [2.75, 3.05) is 71.4 Å². The summed E-state index contributed by atoms with van der Waals surface area (Å²) in [5, 5.41) is 5.78. The Morgan fingerprint density at radius 1 is 1.00 bits per heavy atom. The molecular formula is C34H51N5O4S. The average molecular weight is 626 g/mol. The van der Waals surface area contributed by atoms with E-state index < -0.39 is 0 Å². The number of likely N-dealkylation sites (tertiary alicyclic amines) is 1. The fraction of sp³-hybridized carbons (Fsp3) is 0.676. The van der Waals surface area contributed by atoms with Crippen molar-refractivity contribution in [2.24, 2.45) is 5.92 Å². The van der Waals surface area contributed by atoms with Crippen LogP contribution in [0, 0.1) is 5.92 Å². The van der Waals surface area contributed by atoms with E-state index in [9.17, 15) is 9.59 Å². The Kier molecular flexibility index (Phi) is 12.3. The van der Waals surface area contributed by atoms with Crippen LogP contribution in [0.5, 0.6) is 5.75 Å². The van der Waals surface area contributed by atoms with Crippen LogP contribution < -0.4 is 10.1 Å². The van der Waals surface area contributed by atoms with Crippen LogP contribution in [0.1, 0.15) is 82.6 Å². The van der Waals surface area contributed by atoms with Gasteiger partial charge in [-0.05, 0) is 88.1 Å². The third kappa shape index (κ3) is 9.17. The van der Waals surface area contributed by atoms with Gasteiger partial charge in [0.25, 0.3) is 0 Å². The number of piperazine rings is 1. The maximum atomic E-state index is 13.2. The first-order valence-electron chi connectivity index (χ1n) is 16.8. The van der Waals surface area contributed by atoms with Crippen LogP contribution in [0.2, 0.25) is 0 Å². The minimum atomic E-state index is -0.0788. The molecule has 2 aromatic rings. The molecule has 1 aromatic heterocycles. The maximum Gasteiger partial charge on any atom is 0.323 e. The number of methoxy groups -OCH3 is 1. The molecule has 1 unspecified atom stereocenters. The molecule has 9 nitrogen and oxygen atoms in total. The summed E-state index contributed by atoms with van der Waals surface area (Å²) in [4.78, 5) is 36.6. The molecule has 1 aromatic carbocycles. The van der Waals surface area contributed by atoms with Gasteiger partial charge in [-0.25, -0.2) is 9.78 Å². The second-order valence-corrected chi connectivity index (χ2v) is 13.5. The van der Waals surface area contributed by atoms with E-state index in [1.54, 1.807) is 7.11 Å². The lowest BCUT2D eigenvalue weighted by atomic mass is 9.81. The number of benzene rings is 1. The van der Waals surface area contributed by atoms with Crippen LogP contribution in [-0.2, 0) is 9.53 Å². The van der Waals surface area contributed by atoms with Crippen molar-refractivity contribution in [1.82, 2.24) is 19.7 Å². The van der Waals surface area contributed by atoms with Crippen LogP contribution in [0.25, 0.3) is 11.3 Å². The minimum absolute atomic E-state index is 0.0599. The molecule has 2 amide bonds. The number of hydrogen-bond donors (Lipinski definition) is 1. The van der Waals surface area contributed by atoms with E-state index in [2.05, 4.69) is 38.7 Å². The number of aromatic nitrogens is 1. The van der Waals surface area contributed by atoms with Gasteiger partial charge in [0.05, 0.1) is 19.4 Å². The van der Waals surface area contributed by atoms with Crippen molar-refractivity contribution in [3.05, 3.63) is 29.1 Å². The smallest absolute Gasteiger partial charge is 0.323 e. The molecule has 10 heteroatoms. The molecule has 0 bridgehead atoms. The SMILES string of the molecule is CCOC(=O)CCCCN1CCCC(CN2CCN(C(=O)Nc3nc(-c4cc(OC)ccc4C4CCCCC4)cs3)CC2)C1. The molecule has 1 atom stereocenters. The molecule has 1 aliphatic carbocycles. The monoisotopic (exact) mass is 625 g/mol. The number of piperidine rings is 1. The Morgan fingerprint density at radius 3 is 2.59 bits per heavy atom. The lowest BCUT2D eigenvalue weighted by Gasteiger charge is -2.39. The van der Waals surface area contributed by atoms with Crippen LogP contribution >= 0.6 is 11.3 Å². The lowest BCUT2D eigenvalue weighted by molar-refractivity contribution is -0.143. The van der Waals surface area contributed by atoms with E-state index in [0.29, 0.717) is 30.0 Å². The molecule has 3 aliphatic rings. The summed E-state index contributed by atoms with van der Waals surface area (Å²) in [6, 6.07) is 6.31. The Labute approximate surface area is 267 Å². The van der Waals surface area contributed by atoms with Gasteiger partial charge in [-0.15, -0.1) is 11.3 Å². The summed E-state index contributed by atoms with van der Waals surface area (Å²) in [7, 11) is 1.70. The van der Waals surface area contributed by atoms with Gasteiger partial charge in [0.2, 0.25) is 0 Å². The number of nitrogens with zero attached hydrogens (tertiary/aromatic N) is 4. The summed E-state index contributed by atoms with van der Waals surface area (Å²) in [6.07, 6.45) is 11.3. The zero-order chi connectivity index (χ0) is 30.7. The van der Waals surface area contributed by atoms with Gasteiger partial charge in [0, 0.05) is 56.6 Å². The molecule has 242 valence electrons. The van der Waals surface area contributed by atoms with Gasteiger partial charge in [-0.3, -0.25) is 15.0 Å². The van der Waals surface area contributed by atoms with E-state index in [0.717, 1.165) is 82.2 Å². The molecule has 2 aliphatic heterocycles. The average Bonchev–Trinajstić information content (AvgIpc) is 3.52. The molecule has 3 fully saturated rings. The van der Waals surface area contributed by atoms with Gasteiger partial charge >= 0.3 is 12.0 Å². The molecule has 1 N–H and O–H groups in total. The quantitative estimate of drug-likeness (QED) is 0.214. The first-order valence-corrected chi connectivity index (χ1v) is 17.7. The third-order valence-electron chi connectivity index (χ3n) is 9.49. The van der Waals surface area contributed by atoms with Crippen molar-refractivity contribution < 1.29 is 19.1 Å². The summed E-state index contributed by atoms with van der Waals surface area (Å²) < 4.78 is 10.6. The number of unbranched alkanes of at least 4 members (excludes halogenated alkanes) is 1. The maximum absolute atomic E-state index is 13.2. The second kappa shape index (κ2) is 16.6. The number of nitrogens with one attached hydrogen (secondary N) is 1. The van der Waals surface area contributed by atoms with Gasteiger partial charge in [0.15, 0.2) is 5.13 Å². The highest BCUT2D eigenvalue weighted by Crippen LogP contribution is 2.40. The van der Waals surface area contributed by atoms with E-state index in [-0.39, 0.29) is 12.0 Å². The Morgan fingerprint density at radius 2 is 1.82 bits per heavy atom. The molecule has 1 saturated carbocycles. The highest BCUT2D eigenvalue weighted by atomic mass is 32.1. The van der Waals surface area contributed by atoms with E-state index in [1.165, 1.54) is 61.8 Å². The zero-order valence-corrected chi connectivity index (χ0v) is 27.5. The molecule has 2 saturated heterocycles. The van der Waals surface area contributed by atoms with E-state index in [1.807, 2.05) is 11.8 Å². The summed E-state index contributed by atoms with van der Waals surface area (Å²) in [5.74, 6) is 1.98. The molecular weight excluding hydrogens is 574 g/mol. The number of hydrogen-bond acceptors (Lipinski definition) is 8. The number of rotatable bonds is 12. The van der Waals surface area contributed by atoms with Crippen LogP contribution in [-0.4, -0.2) is 97.8 Å². The minimum Gasteiger partial charge on any atom is -0.497 e. The van der Waals surface area contributed by atoms with Crippen molar-refractivity contribution in [3.8, 4) is 17.0 Å². The van der Waals surface area contributed by atoms with Crippen molar-refractivity contribution in [3.63, 3.8) is 0 Å². The van der Waals surface area contributed by atoms with Gasteiger partial charge in [-0.2, -0.15) is 0 Å². The Bertz CT molecular complexity index is 1210. The first-order chi connectivity index (χ1) is 21.5. The van der Waals surface area contributed by atoms with Crippen molar-refractivity contribution in [2.45, 2.75) is 77.0 Å². The molecule has 0 spiro atoms. The largest absolute Gasteiger partial charge is 0.497 e. The molecule has 3 heterocycles. The summed E-state index contributed by atoms with van der Waals surface area (Å²) in [5.41, 5.74) is 3.38. The predicted octanol–water partition coefficient (Wildman–Crippen LogP) is 6.46. The number of anilines is 1. The summed E-state index contributed by atoms with van der Waals surface area (Å²) in [6.45, 7) is 10.0. The predicted molar refractivity (Wildman–Crippen MR) is 177 cm³/mol. The number of esters is 1. The fourth-order valence-electron chi connectivity index (χ4n) is 7.12. The highest BCUT2D eigenvalue weighted by molar-refractivity contribution is 7.14. The van der Waals surface area contributed by atoms with Gasteiger partial charge in [-0.1, -0.05) is 25.3 Å². The number of ether oxygens (including phenoxy) is 2. The van der Waals surface area contributed by atoms with E-state index >= 15 is 0 Å². The standard InChI is InChI=1S/C34H51N5O4S/c1-3-43-32(40)13-7-8-16-37-17-9-10-26(23-37)24-38-18-20-39(21-19-38)34(41)36-33-35-31(25-44-33)30-22-28(42-2)14-15-29(30)27-11-5-4-6-12-27/h14-15,22,25-27H,3-13,16-21,23-24H2,1-2H3,(H,35,36,41). The van der Waals surface area contributed by atoms with Crippen molar-refractivity contribution in [1.29, 1.82) is 0 Å². The zero-order valence-electron chi connectivity index (χ0n) is 26.7. The normalized spacial score (nSPS) is 20.4. The Balaban J connectivity index is 1.07. The second-order valence-electron chi connectivity index (χ2n) is 12.6. The van der Waals surface area contributed by atoms with E-state index in [4.69, 9.17) is 14.5 Å². The fourth-order valence-corrected chi connectivity index (χ4v) is 7.82. The summed E-state index contributed by atoms with van der Waals surface area (Å²) >= 11 is 1.49. The molecule has 44 heavy (non-hydrogen) atoms. The number of carbonyl (C=O) groups excluding carboxylic acids is 2. The third-order valence-corrected chi connectivity index (χ3v) is 10.2. The van der Waals surface area contributed by atoms with Crippen LogP contribution in [0.3, 0.4) is 0 Å². The van der Waals surface area contributed by atoms with Crippen LogP contribution in [0.4, 0.5) is 9.93 Å². The lowest BCUT2D eigenvalue weighted by Crippen LogP contribution is -2.52. The number of amides is 2. The molecule has 5 rings (SSSR count). The van der Waals surface area contributed by atoms with Gasteiger partial charge < -0.3 is 19.3 Å². The Hall–Kier alpha value is -2.69. The number of urea groups is 1. The topological polar surface area (TPSA) is 87.2 Å². The first kappa shape index (κ1) is 32.7. The number of carbonyl (C=O) groups is 2. The molecule has 0 radical (unpaired) electrons. The van der Waals surface area contributed by atoms with Gasteiger partial charge in [0.1, 0.15) is 5.75 Å². The highest BCUT2D eigenvalue weighted by Gasteiger charge is 2.27. The number of thiazole rings is 1. The van der Waals surface area contributed by atoms with Crippen LogP contribution in [0.15, 0.2) is 23.6 Å².